The van der Waals surface area contributed by atoms with Crippen LogP contribution < -0.4 is 10.6 Å². The number of fused-ring (bicyclic) bond motifs is 1. The van der Waals surface area contributed by atoms with Crippen molar-refractivity contribution in [3.63, 3.8) is 0 Å². The molecule has 0 aliphatic carbocycles. The maximum absolute atomic E-state index is 14.4. The first-order valence-corrected chi connectivity index (χ1v) is 10.8. The molecule has 2 N–H and O–H groups in total. The summed E-state index contributed by atoms with van der Waals surface area (Å²) in [6.45, 7) is 0. The van der Waals surface area contributed by atoms with Crippen LogP contribution in [0.3, 0.4) is 0 Å². The number of nitrogens with one attached hydrogen (secondary N) is 2. The number of nitrogens with zero attached hydrogens (tertiary/aromatic N) is 2. The Kier molecular flexibility index (Phi) is 5.86. The van der Waals surface area contributed by atoms with Gasteiger partial charge in [-0.15, -0.1) is 0 Å². The molecule has 0 unspecified atom stereocenters. The fourth-order valence-electron chi connectivity index (χ4n) is 3.60. The van der Waals surface area contributed by atoms with Gasteiger partial charge in [0.25, 0.3) is 5.91 Å². The lowest BCUT2D eigenvalue weighted by Gasteiger charge is -2.11. The van der Waals surface area contributed by atoms with Gasteiger partial charge in [-0.3, -0.25) is 4.79 Å². The molecule has 5 aromatic rings. The van der Waals surface area contributed by atoms with Crippen LogP contribution in [0.25, 0.3) is 23.2 Å². The van der Waals surface area contributed by atoms with Crippen molar-refractivity contribution in [3.05, 3.63) is 120 Å². The van der Waals surface area contributed by atoms with Gasteiger partial charge in [0.05, 0.1) is 17.4 Å². The lowest BCUT2D eigenvalue weighted by molar-refractivity contribution is 0.102. The number of amides is 1. The van der Waals surface area contributed by atoms with Crippen LogP contribution in [0.4, 0.5) is 21.5 Å². The number of hydrogen-bond acceptors (Lipinski definition) is 3. The second kappa shape index (κ2) is 9.42. The van der Waals surface area contributed by atoms with E-state index in [1.165, 1.54) is 6.07 Å². The van der Waals surface area contributed by atoms with Crippen LogP contribution >= 0.6 is 0 Å². The van der Waals surface area contributed by atoms with E-state index in [0.717, 1.165) is 22.2 Å². The Morgan fingerprint density at radius 2 is 1.56 bits per heavy atom. The number of aromatic nitrogens is 2. The minimum Gasteiger partial charge on any atom is -0.355 e. The summed E-state index contributed by atoms with van der Waals surface area (Å²) in [5.74, 6) is -0.874. The van der Waals surface area contributed by atoms with Crippen molar-refractivity contribution in [1.29, 1.82) is 0 Å². The van der Waals surface area contributed by atoms with Crippen LogP contribution in [0.5, 0.6) is 0 Å². The Labute approximate surface area is 196 Å². The van der Waals surface area contributed by atoms with Gasteiger partial charge in [0.15, 0.2) is 0 Å². The highest BCUT2D eigenvalue weighted by atomic mass is 19.1. The van der Waals surface area contributed by atoms with Crippen LogP contribution in [0.1, 0.15) is 15.9 Å². The zero-order valence-corrected chi connectivity index (χ0v) is 18.2. The molecule has 1 aromatic heterocycles. The van der Waals surface area contributed by atoms with E-state index in [0.29, 0.717) is 11.3 Å². The van der Waals surface area contributed by atoms with Gasteiger partial charge >= 0.3 is 0 Å². The molecule has 34 heavy (non-hydrogen) atoms. The van der Waals surface area contributed by atoms with Gasteiger partial charge in [0.1, 0.15) is 5.82 Å². The fourth-order valence-corrected chi connectivity index (χ4v) is 3.60. The standard InChI is InChI=1S/C28H21FN4O/c29-25-14-13-23(17-26(25)32-28(34)21-9-5-2-6-10-21)31-24-12-11-22-19-30-33(27(22)18-24)16-15-20-7-3-1-4-8-20/h1-19,31H,(H,32,34)/b16-15+. The quantitative estimate of drug-likeness (QED) is 0.300. The number of anilines is 3. The number of carbonyl (C=O) groups is 1. The molecule has 0 fully saturated rings. The fraction of sp³-hybridized carbons (Fsp3) is 0. The monoisotopic (exact) mass is 448 g/mol. The molecule has 0 saturated heterocycles. The first kappa shape index (κ1) is 21.2. The Morgan fingerprint density at radius 1 is 0.853 bits per heavy atom. The zero-order valence-electron chi connectivity index (χ0n) is 18.2. The van der Waals surface area contributed by atoms with Crippen molar-refractivity contribution >= 4 is 46.1 Å². The van der Waals surface area contributed by atoms with Crippen LogP contribution in [0.15, 0.2) is 103 Å². The number of halogens is 1. The number of benzene rings is 4. The van der Waals surface area contributed by atoms with Gasteiger partial charge < -0.3 is 10.6 Å². The van der Waals surface area contributed by atoms with Crippen LogP contribution in [-0.4, -0.2) is 15.7 Å². The first-order valence-electron chi connectivity index (χ1n) is 10.8. The van der Waals surface area contributed by atoms with Crippen molar-refractivity contribution in [3.8, 4) is 0 Å². The highest BCUT2D eigenvalue weighted by Gasteiger charge is 2.10. The number of rotatable bonds is 6. The summed E-state index contributed by atoms with van der Waals surface area (Å²) in [5.41, 5.74) is 4.04. The summed E-state index contributed by atoms with van der Waals surface area (Å²) >= 11 is 0. The van der Waals surface area contributed by atoms with E-state index in [-0.39, 0.29) is 11.6 Å². The molecule has 5 rings (SSSR count). The maximum atomic E-state index is 14.4. The van der Waals surface area contributed by atoms with Crippen molar-refractivity contribution in [2.45, 2.75) is 0 Å². The summed E-state index contributed by atoms with van der Waals surface area (Å²) < 4.78 is 16.2. The predicted molar refractivity (Wildman–Crippen MR) is 135 cm³/mol. The molecule has 0 saturated carbocycles. The Bertz CT molecular complexity index is 1480. The summed E-state index contributed by atoms with van der Waals surface area (Å²) in [6, 6.07) is 29.1. The second-order valence-electron chi connectivity index (χ2n) is 7.73. The van der Waals surface area contributed by atoms with Gasteiger partial charge in [0.2, 0.25) is 0 Å². The van der Waals surface area contributed by atoms with Gasteiger partial charge in [-0.25, -0.2) is 9.07 Å². The zero-order chi connectivity index (χ0) is 23.3. The van der Waals surface area contributed by atoms with Gasteiger partial charge in [-0.2, -0.15) is 5.10 Å². The highest BCUT2D eigenvalue weighted by Crippen LogP contribution is 2.26. The summed E-state index contributed by atoms with van der Waals surface area (Å²) in [4.78, 5) is 12.4. The Hall–Kier alpha value is -4.71. The van der Waals surface area contributed by atoms with Crippen molar-refractivity contribution in [2.24, 2.45) is 0 Å². The van der Waals surface area contributed by atoms with Crippen molar-refractivity contribution in [1.82, 2.24) is 9.78 Å². The topological polar surface area (TPSA) is 59.0 Å². The van der Waals surface area contributed by atoms with E-state index in [1.807, 2.05) is 77.8 Å². The maximum Gasteiger partial charge on any atom is 0.255 e. The molecule has 0 atom stereocenters. The van der Waals surface area contributed by atoms with Crippen LogP contribution in [0, 0.1) is 5.82 Å². The average Bonchev–Trinajstić information content (AvgIpc) is 3.28. The molecule has 5 nitrogen and oxygen atoms in total. The summed E-state index contributed by atoms with van der Waals surface area (Å²) in [5, 5.41) is 11.4. The van der Waals surface area contributed by atoms with Gasteiger partial charge in [-0.05, 0) is 60.2 Å². The third kappa shape index (κ3) is 4.71. The number of carbonyl (C=O) groups excluding carboxylic acids is 1. The van der Waals surface area contributed by atoms with E-state index in [9.17, 15) is 9.18 Å². The highest BCUT2D eigenvalue weighted by molar-refractivity contribution is 6.04. The van der Waals surface area contributed by atoms with Gasteiger partial charge in [-0.1, -0.05) is 48.5 Å². The third-order valence-electron chi connectivity index (χ3n) is 5.35. The molecule has 4 aromatic carbocycles. The average molecular weight is 449 g/mol. The lowest BCUT2D eigenvalue weighted by atomic mass is 10.2. The normalized spacial score (nSPS) is 11.1. The van der Waals surface area contributed by atoms with E-state index in [4.69, 9.17) is 0 Å². The minimum absolute atomic E-state index is 0.107. The summed E-state index contributed by atoms with van der Waals surface area (Å²) in [6.07, 6.45) is 5.72. The van der Waals surface area contributed by atoms with Gasteiger partial charge in [0, 0.05) is 28.5 Å². The SMILES string of the molecule is O=C(Nc1cc(Nc2ccc3cnn(/C=C/c4ccccc4)c3c2)ccc1F)c1ccccc1. The minimum atomic E-state index is -0.505. The lowest BCUT2D eigenvalue weighted by Crippen LogP contribution is -2.13. The molecule has 1 heterocycles. The first-order chi connectivity index (χ1) is 16.7. The molecular formula is C28H21FN4O. The van der Waals surface area contributed by atoms with Crippen LogP contribution in [0.2, 0.25) is 0 Å². The second-order valence-corrected chi connectivity index (χ2v) is 7.73. The molecule has 0 aliphatic heterocycles. The third-order valence-corrected chi connectivity index (χ3v) is 5.35. The molecule has 0 aliphatic rings. The molecule has 0 radical (unpaired) electrons. The van der Waals surface area contributed by atoms with E-state index >= 15 is 0 Å². The van der Waals surface area contributed by atoms with Crippen molar-refractivity contribution in [2.75, 3.05) is 10.6 Å². The molecule has 0 spiro atoms. The molecule has 166 valence electrons. The molecule has 0 bridgehead atoms. The Morgan fingerprint density at radius 3 is 2.35 bits per heavy atom. The van der Waals surface area contributed by atoms with Crippen LogP contribution in [-0.2, 0) is 0 Å². The molecular weight excluding hydrogens is 427 g/mol. The predicted octanol–water partition coefficient (Wildman–Crippen LogP) is 6.80. The Balaban J connectivity index is 1.37. The molecule has 6 heteroatoms. The van der Waals surface area contributed by atoms with E-state index in [1.54, 1.807) is 36.4 Å². The largest absolute Gasteiger partial charge is 0.355 e. The number of hydrogen-bond donors (Lipinski definition) is 2. The smallest absolute Gasteiger partial charge is 0.255 e. The summed E-state index contributed by atoms with van der Waals surface area (Å²) in [7, 11) is 0. The van der Waals surface area contributed by atoms with E-state index < -0.39 is 5.82 Å². The van der Waals surface area contributed by atoms with Crippen molar-refractivity contribution < 1.29 is 9.18 Å². The van der Waals surface area contributed by atoms with E-state index in [2.05, 4.69) is 15.7 Å². The molecule has 1 amide bonds.